The molecule has 1 saturated carbocycles. The average molecular weight is 441 g/mol. The Morgan fingerprint density at radius 1 is 1.00 bits per heavy atom. The molecule has 0 unspecified atom stereocenters. The average Bonchev–Trinajstić information content (AvgIpc) is 3.09. The molecule has 1 aliphatic carbocycles. The monoisotopic (exact) mass is 440 g/mol. The van der Waals surface area contributed by atoms with E-state index in [0.29, 0.717) is 33.6 Å². The summed E-state index contributed by atoms with van der Waals surface area (Å²) in [4.78, 5) is 36.7. The van der Waals surface area contributed by atoms with Gasteiger partial charge < -0.3 is 15.7 Å². The van der Waals surface area contributed by atoms with Crippen LogP contribution in [0.3, 0.4) is 0 Å². The molecule has 1 heterocycles. The number of benzene rings is 1. The zero-order valence-electron chi connectivity index (χ0n) is 14.7. The van der Waals surface area contributed by atoms with E-state index in [2.05, 4.69) is 10.6 Å². The molecule has 3 rings (SSSR count). The predicted octanol–water partition coefficient (Wildman–Crippen LogP) is 5.14. The highest BCUT2D eigenvalue weighted by Gasteiger charge is 2.36. The maximum Gasteiger partial charge on any atom is 0.307 e. The van der Waals surface area contributed by atoms with Crippen LogP contribution < -0.4 is 10.6 Å². The largest absolute Gasteiger partial charge is 0.481 e. The molecule has 1 fully saturated rings. The molecule has 0 radical (unpaired) electrons. The summed E-state index contributed by atoms with van der Waals surface area (Å²) >= 11 is 13.1. The van der Waals surface area contributed by atoms with Gasteiger partial charge in [-0.3, -0.25) is 14.4 Å². The first kappa shape index (κ1) is 20.6. The van der Waals surface area contributed by atoms with Crippen LogP contribution in [0.1, 0.15) is 36.0 Å². The van der Waals surface area contributed by atoms with E-state index < -0.39 is 23.7 Å². The lowest BCUT2D eigenvalue weighted by Crippen LogP contribution is -2.36. The van der Waals surface area contributed by atoms with Crippen LogP contribution in [0.2, 0.25) is 10.0 Å². The number of hydrogen-bond donors (Lipinski definition) is 3. The quantitative estimate of drug-likeness (QED) is 0.599. The summed E-state index contributed by atoms with van der Waals surface area (Å²) in [5, 5.41) is 17.7. The Morgan fingerprint density at radius 2 is 1.64 bits per heavy atom. The van der Waals surface area contributed by atoms with Crippen LogP contribution in [-0.4, -0.2) is 22.9 Å². The lowest BCUT2D eigenvalue weighted by molar-refractivity contribution is -0.147. The van der Waals surface area contributed by atoms with Crippen LogP contribution in [0.25, 0.3) is 0 Å². The lowest BCUT2D eigenvalue weighted by Gasteiger charge is -2.27. The number of rotatable bonds is 5. The van der Waals surface area contributed by atoms with Gasteiger partial charge in [0.05, 0.1) is 17.4 Å². The molecule has 9 heteroatoms. The number of carboxylic acid groups (broad SMARTS) is 1. The molecular weight excluding hydrogens is 423 g/mol. The minimum Gasteiger partial charge on any atom is -0.481 e. The molecule has 3 N–H and O–H groups in total. The third-order valence-corrected chi connectivity index (χ3v) is 5.95. The van der Waals surface area contributed by atoms with E-state index in [1.165, 1.54) is 11.3 Å². The SMILES string of the molecule is O=C(Nc1cc(Cl)cc(Cl)c1)c1ccsc1NC(=O)[C@@H]1CCCC[C@H]1C(=O)O. The highest BCUT2D eigenvalue weighted by Crippen LogP contribution is 2.33. The van der Waals surface area contributed by atoms with Gasteiger partial charge in [-0.15, -0.1) is 11.3 Å². The molecule has 1 aromatic carbocycles. The van der Waals surface area contributed by atoms with Gasteiger partial charge in [-0.25, -0.2) is 0 Å². The zero-order chi connectivity index (χ0) is 20.3. The highest BCUT2D eigenvalue weighted by atomic mass is 35.5. The third-order valence-electron chi connectivity index (χ3n) is 4.69. The number of aliphatic carboxylic acids is 1. The maximum atomic E-state index is 12.7. The molecule has 0 aliphatic heterocycles. The van der Waals surface area contributed by atoms with Crippen molar-refractivity contribution in [2.75, 3.05) is 10.6 Å². The standard InChI is InChI=1S/C19H18Cl2N2O4S/c20-10-7-11(21)9-12(8-10)22-17(25)15-5-6-28-18(15)23-16(24)13-3-1-2-4-14(13)19(26)27/h5-9,13-14H,1-4H2,(H,22,25)(H,23,24)(H,26,27)/t13-,14-/m1/s1. The molecule has 6 nitrogen and oxygen atoms in total. The summed E-state index contributed by atoms with van der Waals surface area (Å²) < 4.78 is 0. The normalized spacial score (nSPS) is 19.1. The Hall–Kier alpha value is -2.09. The van der Waals surface area contributed by atoms with Gasteiger partial charge >= 0.3 is 5.97 Å². The molecule has 0 spiro atoms. The van der Waals surface area contributed by atoms with Crippen molar-refractivity contribution in [1.29, 1.82) is 0 Å². The van der Waals surface area contributed by atoms with Crippen molar-refractivity contribution in [3.05, 3.63) is 45.3 Å². The second-order valence-corrected chi connectivity index (χ2v) is 8.39. The first-order valence-electron chi connectivity index (χ1n) is 8.74. The maximum absolute atomic E-state index is 12.7. The van der Waals surface area contributed by atoms with Crippen LogP contribution in [0, 0.1) is 11.8 Å². The Balaban J connectivity index is 1.73. The number of halogens is 2. The van der Waals surface area contributed by atoms with Crippen LogP contribution >= 0.6 is 34.5 Å². The van der Waals surface area contributed by atoms with Crippen LogP contribution in [0.4, 0.5) is 10.7 Å². The number of hydrogen-bond acceptors (Lipinski definition) is 4. The molecule has 28 heavy (non-hydrogen) atoms. The Labute approximate surface area is 175 Å². The Kier molecular flexibility index (Phi) is 6.59. The fraction of sp³-hybridized carbons (Fsp3) is 0.316. The fourth-order valence-corrected chi connectivity index (χ4v) is 4.67. The van der Waals surface area contributed by atoms with Gasteiger partial charge in [0.2, 0.25) is 5.91 Å². The van der Waals surface area contributed by atoms with E-state index in [0.717, 1.165) is 12.8 Å². The number of carboxylic acids is 1. The molecule has 0 saturated heterocycles. The van der Waals surface area contributed by atoms with Gasteiger partial charge in [-0.05, 0) is 42.5 Å². The van der Waals surface area contributed by atoms with Gasteiger partial charge in [-0.1, -0.05) is 36.0 Å². The zero-order valence-corrected chi connectivity index (χ0v) is 17.0. The van der Waals surface area contributed by atoms with Crippen molar-refractivity contribution in [2.45, 2.75) is 25.7 Å². The molecule has 0 bridgehead atoms. The molecule has 1 aromatic heterocycles. The van der Waals surface area contributed by atoms with Crippen molar-refractivity contribution in [2.24, 2.45) is 11.8 Å². The minimum absolute atomic E-state index is 0.289. The predicted molar refractivity (Wildman–Crippen MR) is 110 cm³/mol. The lowest BCUT2D eigenvalue weighted by atomic mass is 9.79. The van der Waals surface area contributed by atoms with Crippen molar-refractivity contribution in [3.8, 4) is 0 Å². The Morgan fingerprint density at radius 3 is 2.29 bits per heavy atom. The van der Waals surface area contributed by atoms with E-state index in [9.17, 15) is 19.5 Å². The first-order valence-corrected chi connectivity index (χ1v) is 10.4. The van der Waals surface area contributed by atoms with Crippen molar-refractivity contribution < 1.29 is 19.5 Å². The van der Waals surface area contributed by atoms with Gasteiger partial charge in [0, 0.05) is 15.7 Å². The molecule has 2 aromatic rings. The second-order valence-electron chi connectivity index (χ2n) is 6.60. The smallest absolute Gasteiger partial charge is 0.307 e. The van der Waals surface area contributed by atoms with Gasteiger partial charge in [-0.2, -0.15) is 0 Å². The number of nitrogens with one attached hydrogen (secondary N) is 2. The topological polar surface area (TPSA) is 95.5 Å². The number of thiophene rings is 1. The van der Waals surface area contributed by atoms with Crippen molar-refractivity contribution in [1.82, 2.24) is 0 Å². The summed E-state index contributed by atoms with van der Waals surface area (Å²) in [5.74, 6) is -3.04. The first-order chi connectivity index (χ1) is 13.3. The second kappa shape index (κ2) is 8.94. The molecule has 2 atom stereocenters. The Bertz CT molecular complexity index is 895. The van der Waals surface area contributed by atoms with Crippen LogP contribution in [-0.2, 0) is 9.59 Å². The highest BCUT2D eigenvalue weighted by molar-refractivity contribution is 7.14. The molecular formula is C19H18Cl2N2O4S. The van der Waals surface area contributed by atoms with Gasteiger partial charge in [0.1, 0.15) is 5.00 Å². The number of anilines is 2. The number of carbonyl (C=O) groups is 3. The summed E-state index contributed by atoms with van der Waals surface area (Å²) in [6.07, 6.45) is 2.63. The van der Waals surface area contributed by atoms with Crippen LogP contribution in [0.15, 0.2) is 29.6 Å². The van der Waals surface area contributed by atoms with Crippen molar-refractivity contribution >= 4 is 63.0 Å². The van der Waals surface area contributed by atoms with E-state index in [1.807, 2.05) is 0 Å². The van der Waals surface area contributed by atoms with E-state index in [4.69, 9.17) is 23.2 Å². The van der Waals surface area contributed by atoms with Crippen LogP contribution in [0.5, 0.6) is 0 Å². The summed E-state index contributed by atoms with van der Waals surface area (Å²) in [5.41, 5.74) is 0.723. The summed E-state index contributed by atoms with van der Waals surface area (Å²) in [6, 6.07) is 6.28. The minimum atomic E-state index is -0.957. The summed E-state index contributed by atoms with van der Waals surface area (Å²) in [6.45, 7) is 0. The van der Waals surface area contributed by atoms with E-state index in [-0.39, 0.29) is 11.5 Å². The van der Waals surface area contributed by atoms with Gasteiger partial charge in [0.15, 0.2) is 0 Å². The van der Waals surface area contributed by atoms with Gasteiger partial charge in [0.25, 0.3) is 5.91 Å². The third kappa shape index (κ3) is 4.84. The summed E-state index contributed by atoms with van der Waals surface area (Å²) in [7, 11) is 0. The van der Waals surface area contributed by atoms with Crippen molar-refractivity contribution in [3.63, 3.8) is 0 Å². The molecule has 1 aliphatic rings. The molecule has 148 valence electrons. The van der Waals surface area contributed by atoms with E-state index >= 15 is 0 Å². The molecule has 2 amide bonds. The fourth-order valence-electron chi connectivity index (χ4n) is 3.35. The number of amides is 2. The van der Waals surface area contributed by atoms with E-state index in [1.54, 1.807) is 29.6 Å². The number of carbonyl (C=O) groups excluding carboxylic acids is 2.